The van der Waals surface area contributed by atoms with Crippen molar-refractivity contribution in [2.45, 2.75) is 0 Å². The zero-order valence-corrected chi connectivity index (χ0v) is 11.7. The van der Waals surface area contributed by atoms with Crippen molar-refractivity contribution in [1.29, 1.82) is 0 Å². The van der Waals surface area contributed by atoms with E-state index in [1.165, 1.54) is 13.4 Å². The smallest absolute Gasteiger partial charge is 0.337 e. The van der Waals surface area contributed by atoms with Crippen LogP contribution in [0.5, 0.6) is 0 Å². The van der Waals surface area contributed by atoms with Gasteiger partial charge in [0.2, 0.25) is 0 Å². The number of methoxy groups -OCH3 is 1. The minimum atomic E-state index is -0.362. The van der Waals surface area contributed by atoms with Crippen LogP contribution in [-0.4, -0.2) is 29.6 Å². The Hall–Kier alpha value is -2.89. The first-order chi connectivity index (χ1) is 10.2. The van der Waals surface area contributed by atoms with Gasteiger partial charge in [0.15, 0.2) is 0 Å². The summed E-state index contributed by atoms with van der Waals surface area (Å²) in [7, 11) is 1.35. The largest absolute Gasteiger partial charge is 0.465 e. The van der Waals surface area contributed by atoms with Crippen LogP contribution in [-0.2, 0) is 4.74 Å². The van der Waals surface area contributed by atoms with Crippen LogP contribution in [0.1, 0.15) is 10.4 Å². The Kier molecular flexibility index (Phi) is 4.87. The number of carbonyl (C=O) groups is 1. The summed E-state index contributed by atoms with van der Waals surface area (Å²) in [6, 6.07) is 8.73. The first-order valence-electron chi connectivity index (χ1n) is 6.35. The molecule has 2 rings (SSSR count). The minimum Gasteiger partial charge on any atom is -0.465 e. The first-order valence-corrected chi connectivity index (χ1v) is 6.35. The molecule has 0 saturated heterocycles. The van der Waals surface area contributed by atoms with Gasteiger partial charge < -0.3 is 15.4 Å². The quantitative estimate of drug-likeness (QED) is 0.627. The lowest BCUT2D eigenvalue weighted by Gasteiger charge is -2.08. The third kappa shape index (κ3) is 4.04. The van der Waals surface area contributed by atoms with Gasteiger partial charge in [-0.1, -0.05) is 6.08 Å². The summed E-state index contributed by atoms with van der Waals surface area (Å²) in [6.45, 7) is 4.27. The van der Waals surface area contributed by atoms with Crippen LogP contribution in [0, 0.1) is 0 Å². The normalized spacial score (nSPS) is 9.76. The summed E-state index contributed by atoms with van der Waals surface area (Å²) in [4.78, 5) is 19.6. The summed E-state index contributed by atoms with van der Waals surface area (Å²) in [5, 5.41) is 6.22. The van der Waals surface area contributed by atoms with Crippen LogP contribution < -0.4 is 10.6 Å². The van der Waals surface area contributed by atoms with Gasteiger partial charge in [-0.05, 0) is 24.3 Å². The highest BCUT2D eigenvalue weighted by molar-refractivity contribution is 5.89. The predicted octanol–water partition coefficient (Wildman–Crippen LogP) is 2.60. The molecular weight excluding hydrogens is 268 g/mol. The molecule has 0 amide bonds. The lowest BCUT2D eigenvalue weighted by Crippen LogP contribution is -2.03. The summed E-state index contributed by atoms with van der Waals surface area (Å²) in [5.74, 6) is 1.00. The van der Waals surface area contributed by atoms with Crippen molar-refractivity contribution in [3.05, 3.63) is 54.9 Å². The fourth-order valence-electron chi connectivity index (χ4n) is 1.65. The fraction of sp³-hybridized carbons (Fsp3) is 0.133. The number of benzene rings is 1. The standard InChI is InChI=1S/C15H16N4O2/c1-3-8-16-13-9-14(18-10-17-13)19-12-6-4-11(5-7-12)15(20)21-2/h3-7,9-10H,1,8H2,2H3,(H2,16,17,18,19). The highest BCUT2D eigenvalue weighted by Gasteiger charge is 2.05. The Balaban J connectivity index is 2.07. The summed E-state index contributed by atoms with van der Waals surface area (Å²) in [6.07, 6.45) is 3.22. The van der Waals surface area contributed by atoms with Gasteiger partial charge in [0.25, 0.3) is 0 Å². The van der Waals surface area contributed by atoms with E-state index in [1.54, 1.807) is 36.4 Å². The molecule has 0 aliphatic heterocycles. The van der Waals surface area contributed by atoms with Gasteiger partial charge in [0.1, 0.15) is 18.0 Å². The Morgan fingerprint density at radius 2 is 2.00 bits per heavy atom. The lowest BCUT2D eigenvalue weighted by molar-refractivity contribution is 0.0601. The van der Waals surface area contributed by atoms with Crippen LogP contribution in [0.3, 0.4) is 0 Å². The van der Waals surface area contributed by atoms with E-state index in [0.717, 1.165) is 5.69 Å². The zero-order valence-electron chi connectivity index (χ0n) is 11.7. The molecule has 2 N–H and O–H groups in total. The molecule has 0 radical (unpaired) electrons. The van der Waals surface area contributed by atoms with E-state index in [0.29, 0.717) is 23.7 Å². The molecule has 0 saturated carbocycles. The van der Waals surface area contributed by atoms with E-state index in [4.69, 9.17) is 0 Å². The van der Waals surface area contributed by atoms with Crippen molar-refractivity contribution in [3.63, 3.8) is 0 Å². The van der Waals surface area contributed by atoms with E-state index >= 15 is 0 Å². The molecule has 0 fully saturated rings. The number of carbonyl (C=O) groups excluding carboxylic acids is 1. The molecule has 0 spiro atoms. The lowest BCUT2D eigenvalue weighted by atomic mass is 10.2. The average Bonchev–Trinajstić information content (AvgIpc) is 2.53. The molecule has 0 atom stereocenters. The van der Waals surface area contributed by atoms with Crippen LogP contribution in [0.4, 0.5) is 17.3 Å². The monoisotopic (exact) mass is 284 g/mol. The van der Waals surface area contributed by atoms with Gasteiger partial charge in [-0.15, -0.1) is 6.58 Å². The first kappa shape index (κ1) is 14.5. The number of anilines is 3. The number of esters is 1. The Bertz CT molecular complexity index is 626. The molecule has 1 aromatic heterocycles. The van der Waals surface area contributed by atoms with Crippen LogP contribution in [0.2, 0.25) is 0 Å². The van der Waals surface area contributed by atoms with Crippen molar-refractivity contribution in [3.8, 4) is 0 Å². The molecular formula is C15H16N4O2. The minimum absolute atomic E-state index is 0.362. The van der Waals surface area contributed by atoms with Crippen LogP contribution in [0.25, 0.3) is 0 Å². The number of rotatable bonds is 6. The third-order valence-electron chi connectivity index (χ3n) is 2.67. The molecule has 2 aromatic rings. The number of hydrogen-bond acceptors (Lipinski definition) is 6. The maximum Gasteiger partial charge on any atom is 0.337 e. The number of nitrogens with zero attached hydrogens (tertiary/aromatic N) is 2. The van der Waals surface area contributed by atoms with Gasteiger partial charge in [0, 0.05) is 18.3 Å². The molecule has 0 unspecified atom stereocenters. The van der Waals surface area contributed by atoms with Crippen molar-refractivity contribution >= 4 is 23.3 Å². The van der Waals surface area contributed by atoms with E-state index < -0.39 is 0 Å². The Labute approximate surface area is 122 Å². The summed E-state index contributed by atoms with van der Waals surface area (Å²) in [5.41, 5.74) is 1.31. The second-order valence-corrected chi connectivity index (χ2v) is 4.15. The Morgan fingerprint density at radius 1 is 1.29 bits per heavy atom. The molecule has 0 aliphatic carbocycles. The number of nitrogens with one attached hydrogen (secondary N) is 2. The molecule has 6 nitrogen and oxygen atoms in total. The van der Waals surface area contributed by atoms with Crippen molar-refractivity contribution < 1.29 is 9.53 Å². The highest BCUT2D eigenvalue weighted by Crippen LogP contribution is 2.17. The van der Waals surface area contributed by atoms with Crippen LogP contribution >= 0.6 is 0 Å². The predicted molar refractivity (Wildman–Crippen MR) is 81.8 cm³/mol. The van der Waals surface area contributed by atoms with Gasteiger partial charge in [-0.2, -0.15) is 0 Å². The van der Waals surface area contributed by atoms with E-state index in [-0.39, 0.29) is 5.97 Å². The van der Waals surface area contributed by atoms with Crippen molar-refractivity contribution in [1.82, 2.24) is 9.97 Å². The van der Waals surface area contributed by atoms with E-state index in [9.17, 15) is 4.79 Å². The van der Waals surface area contributed by atoms with Gasteiger partial charge in [0.05, 0.1) is 12.7 Å². The molecule has 108 valence electrons. The number of ether oxygens (including phenoxy) is 1. The van der Waals surface area contributed by atoms with Crippen molar-refractivity contribution in [2.24, 2.45) is 0 Å². The topological polar surface area (TPSA) is 76.1 Å². The zero-order chi connectivity index (χ0) is 15.1. The highest BCUT2D eigenvalue weighted by atomic mass is 16.5. The molecule has 21 heavy (non-hydrogen) atoms. The molecule has 0 bridgehead atoms. The number of aromatic nitrogens is 2. The van der Waals surface area contributed by atoms with Gasteiger partial charge in [-0.25, -0.2) is 14.8 Å². The molecule has 0 aliphatic rings. The maximum absolute atomic E-state index is 11.3. The van der Waals surface area contributed by atoms with Gasteiger partial charge >= 0.3 is 5.97 Å². The summed E-state index contributed by atoms with van der Waals surface area (Å²) < 4.78 is 4.65. The summed E-state index contributed by atoms with van der Waals surface area (Å²) >= 11 is 0. The third-order valence-corrected chi connectivity index (χ3v) is 2.67. The Morgan fingerprint density at radius 3 is 2.67 bits per heavy atom. The molecule has 6 heteroatoms. The van der Waals surface area contributed by atoms with Crippen LogP contribution in [0.15, 0.2) is 49.3 Å². The van der Waals surface area contributed by atoms with Crippen molar-refractivity contribution in [2.75, 3.05) is 24.3 Å². The maximum atomic E-state index is 11.3. The van der Waals surface area contributed by atoms with Gasteiger partial charge in [-0.3, -0.25) is 0 Å². The molecule has 1 heterocycles. The molecule has 1 aromatic carbocycles. The average molecular weight is 284 g/mol. The second-order valence-electron chi connectivity index (χ2n) is 4.15. The second kappa shape index (κ2) is 7.04. The number of hydrogen-bond donors (Lipinski definition) is 2. The van der Waals surface area contributed by atoms with E-state index in [2.05, 4.69) is 31.9 Å². The van der Waals surface area contributed by atoms with E-state index in [1.807, 2.05) is 0 Å². The fourth-order valence-corrected chi connectivity index (χ4v) is 1.65. The SMILES string of the molecule is C=CCNc1cc(Nc2ccc(C(=O)OC)cc2)ncn1.